The van der Waals surface area contributed by atoms with Crippen molar-refractivity contribution in [2.75, 3.05) is 7.11 Å². The zero-order valence-electron chi connectivity index (χ0n) is 12.8. The molecule has 0 saturated carbocycles. The second-order valence-corrected chi connectivity index (χ2v) is 5.44. The molecule has 3 heterocycles. The lowest BCUT2D eigenvalue weighted by Gasteiger charge is -2.27. The fourth-order valence-electron chi connectivity index (χ4n) is 2.86. The molecule has 0 amide bonds. The number of rotatable bonds is 3. The Morgan fingerprint density at radius 2 is 1.96 bits per heavy atom. The second-order valence-electron chi connectivity index (χ2n) is 5.44. The van der Waals surface area contributed by atoms with Crippen molar-refractivity contribution in [2.45, 2.75) is 6.17 Å². The minimum absolute atomic E-state index is 0.132. The molecule has 4 rings (SSSR count). The maximum Gasteiger partial charge on any atom is 0.212 e. The van der Waals surface area contributed by atoms with Crippen LogP contribution < -0.4 is 10.1 Å². The number of nitrogens with one attached hydrogen (secondary N) is 1. The van der Waals surface area contributed by atoms with Gasteiger partial charge >= 0.3 is 0 Å². The molecule has 1 aromatic carbocycles. The summed E-state index contributed by atoms with van der Waals surface area (Å²) in [7, 11) is 1.62. The third kappa shape index (κ3) is 2.48. The van der Waals surface area contributed by atoms with Gasteiger partial charge in [-0.25, -0.2) is 4.98 Å². The molecule has 1 N–H and O–H groups in total. The highest BCUT2D eigenvalue weighted by Crippen LogP contribution is 2.31. The Labute approximate surface area is 135 Å². The maximum absolute atomic E-state index is 5.11. The Kier molecular flexibility index (Phi) is 3.35. The molecule has 2 aliphatic rings. The first-order chi connectivity index (χ1) is 11.3. The zero-order valence-corrected chi connectivity index (χ0v) is 12.8. The molecule has 4 nitrogen and oxygen atoms in total. The maximum atomic E-state index is 5.11. The van der Waals surface area contributed by atoms with E-state index in [9.17, 15) is 0 Å². The summed E-state index contributed by atoms with van der Waals surface area (Å²) in [5, 5.41) is 3.42. The number of nitrogens with zero attached hydrogens (tertiary/aromatic N) is 2. The summed E-state index contributed by atoms with van der Waals surface area (Å²) in [6, 6.07) is 14.3. The predicted octanol–water partition coefficient (Wildman–Crippen LogP) is 3.23. The Bertz CT molecular complexity index is 791. The van der Waals surface area contributed by atoms with Crippen molar-refractivity contribution in [3.8, 4) is 5.88 Å². The van der Waals surface area contributed by atoms with Crippen LogP contribution in [0.25, 0.3) is 11.3 Å². The summed E-state index contributed by atoms with van der Waals surface area (Å²) in [5.74, 6) is 0.628. The first-order valence-electron chi connectivity index (χ1n) is 7.55. The van der Waals surface area contributed by atoms with Crippen LogP contribution in [0.5, 0.6) is 5.88 Å². The largest absolute Gasteiger partial charge is 0.481 e. The van der Waals surface area contributed by atoms with Crippen molar-refractivity contribution in [1.29, 1.82) is 0 Å². The molecule has 23 heavy (non-hydrogen) atoms. The third-order valence-corrected chi connectivity index (χ3v) is 4.07. The van der Waals surface area contributed by atoms with Crippen LogP contribution in [-0.2, 0) is 0 Å². The first-order valence-corrected chi connectivity index (χ1v) is 7.55. The highest BCUT2D eigenvalue weighted by molar-refractivity contribution is 5.78. The SMILES string of the molecule is COc1ccc(C2=CC3NC=C(c4ccccc4)N3C=C2)cn1. The van der Waals surface area contributed by atoms with E-state index >= 15 is 0 Å². The van der Waals surface area contributed by atoms with E-state index in [0.717, 1.165) is 11.1 Å². The number of methoxy groups -OCH3 is 1. The van der Waals surface area contributed by atoms with Gasteiger partial charge in [-0.2, -0.15) is 0 Å². The van der Waals surface area contributed by atoms with Gasteiger partial charge < -0.3 is 15.0 Å². The number of pyridine rings is 1. The molecule has 0 bridgehead atoms. The number of ether oxygens (including phenoxy) is 1. The van der Waals surface area contributed by atoms with Gasteiger partial charge in [0.1, 0.15) is 6.17 Å². The summed E-state index contributed by atoms with van der Waals surface area (Å²) < 4.78 is 5.11. The molecule has 0 spiro atoms. The molecule has 2 aromatic rings. The standard InChI is InChI=1S/C19H17N3O/c1-23-19-8-7-16(12-21-19)15-9-10-22-17(13-20-18(22)11-15)14-5-3-2-4-6-14/h2-13,18,20H,1H3. The van der Waals surface area contributed by atoms with Crippen LogP contribution in [0, 0.1) is 0 Å². The predicted molar refractivity (Wildman–Crippen MR) is 91.1 cm³/mol. The summed E-state index contributed by atoms with van der Waals surface area (Å²) >= 11 is 0. The van der Waals surface area contributed by atoms with E-state index in [1.165, 1.54) is 11.3 Å². The number of hydrogen-bond acceptors (Lipinski definition) is 4. The summed E-state index contributed by atoms with van der Waals surface area (Å²) in [4.78, 5) is 6.51. The smallest absolute Gasteiger partial charge is 0.212 e. The molecule has 0 saturated heterocycles. The fourth-order valence-corrected chi connectivity index (χ4v) is 2.86. The van der Waals surface area contributed by atoms with Crippen LogP contribution in [0.4, 0.5) is 0 Å². The van der Waals surface area contributed by atoms with E-state index in [4.69, 9.17) is 4.74 Å². The van der Waals surface area contributed by atoms with Crippen molar-refractivity contribution < 1.29 is 4.74 Å². The Hall–Kier alpha value is -3.01. The molecule has 114 valence electrons. The molecule has 1 aromatic heterocycles. The van der Waals surface area contributed by atoms with Gasteiger partial charge in [0.25, 0.3) is 0 Å². The van der Waals surface area contributed by atoms with Crippen LogP contribution in [0.2, 0.25) is 0 Å². The van der Waals surface area contributed by atoms with Crippen LogP contribution >= 0.6 is 0 Å². The van der Waals surface area contributed by atoms with Crippen LogP contribution in [0.1, 0.15) is 11.1 Å². The van der Waals surface area contributed by atoms with Crippen molar-refractivity contribution in [3.63, 3.8) is 0 Å². The van der Waals surface area contributed by atoms with E-state index < -0.39 is 0 Å². The lowest BCUT2D eigenvalue weighted by molar-refractivity contribution is 0.398. The monoisotopic (exact) mass is 303 g/mol. The highest BCUT2D eigenvalue weighted by Gasteiger charge is 2.26. The summed E-state index contributed by atoms with van der Waals surface area (Å²) in [6.07, 6.45) is 10.5. The number of benzene rings is 1. The average Bonchev–Trinajstić information content (AvgIpc) is 3.06. The van der Waals surface area contributed by atoms with Gasteiger partial charge in [-0.05, 0) is 29.4 Å². The number of aromatic nitrogens is 1. The third-order valence-electron chi connectivity index (χ3n) is 4.07. The first kappa shape index (κ1) is 13.6. The Morgan fingerprint density at radius 1 is 1.09 bits per heavy atom. The molecular formula is C19H17N3O. The van der Waals surface area contributed by atoms with Crippen molar-refractivity contribution in [1.82, 2.24) is 15.2 Å². The lowest BCUT2D eigenvalue weighted by Crippen LogP contribution is -2.32. The summed E-state index contributed by atoms with van der Waals surface area (Å²) in [6.45, 7) is 0. The second kappa shape index (κ2) is 5.65. The van der Waals surface area contributed by atoms with Gasteiger partial charge in [0.15, 0.2) is 0 Å². The van der Waals surface area contributed by atoms with Gasteiger partial charge in [0.2, 0.25) is 5.88 Å². The lowest BCUT2D eigenvalue weighted by atomic mass is 10.0. The topological polar surface area (TPSA) is 37.4 Å². The van der Waals surface area contributed by atoms with E-state index in [-0.39, 0.29) is 6.17 Å². The molecule has 0 radical (unpaired) electrons. The van der Waals surface area contributed by atoms with Gasteiger partial charge in [-0.15, -0.1) is 0 Å². The zero-order chi connectivity index (χ0) is 15.6. The Morgan fingerprint density at radius 3 is 2.70 bits per heavy atom. The molecular weight excluding hydrogens is 286 g/mol. The minimum atomic E-state index is 0.132. The number of hydrogen-bond donors (Lipinski definition) is 1. The van der Waals surface area contributed by atoms with Crippen molar-refractivity contribution >= 4 is 11.3 Å². The molecule has 1 unspecified atom stereocenters. The van der Waals surface area contributed by atoms with Gasteiger partial charge in [-0.3, -0.25) is 0 Å². The normalized spacial score (nSPS) is 18.8. The van der Waals surface area contributed by atoms with Crippen LogP contribution in [0.3, 0.4) is 0 Å². The van der Waals surface area contributed by atoms with Gasteiger partial charge in [-0.1, -0.05) is 30.3 Å². The highest BCUT2D eigenvalue weighted by atomic mass is 16.5. The van der Waals surface area contributed by atoms with E-state index in [2.05, 4.69) is 64.0 Å². The van der Waals surface area contributed by atoms with Crippen LogP contribution in [-0.4, -0.2) is 23.2 Å². The molecule has 0 fully saturated rings. The van der Waals surface area contributed by atoms with Gasteiger partial charge in [0.05, 0.1) is 12.8 Å². The average molecular weight is 303 g/mol. The molecule has 1 atom stereocenters. The van der Waals surface area contributed by atoms with Crippen molar-refractivity contribution in [2.24, 2.45) is 0 Å². The van der Waals surface area contributed by atoms with E-state index in [1.807, 2.05) is 24.4 Å². The summed E-state index contributed by atoms with van der Waals surface area (Å²) in [5.41, 5.74) is 4.61. The molecule has 4 heteroatoms. The quantitative estimate of drug-likeness (QED) is 0.944. The number of allylic oxidation sites excluding steroid dienone is 2. The molecule has 2 aliphatic heterocycles. The van der Waals surface area contributed by atoms with Crippen molar-refractivity contribution in [3.05, 3.63) is 84.3 Å². The van der Waals surface area contributed by atoms with E-state index in [1.54, 1.807) is 7.11 Å². The minimum Gasteiger partial charge on any atom is -0.481 e. The Balaban J connectivity index is 1.58. The van der Waals surface area contributed by atoms with Crippen LogP contribution in [0.15, 0.2) is 73.2 Å². The molecule has 0 aliphatic carbocycles. The fraction of sp³-hybridized carbons (Fsp3) is 0.105. The number of fused-ring (bicyclic) bond motifs is 1. The van der Waals surface area contributed by atoms with Gasteiger partial charge in [0, 0.05) is 30.2 Å². The van der Waals surface area contributed by atoms with E-state index in [0.29, 0.717) is 5.88 Å².